The maximum Gasteiger partial charge on any atom is 0.194 e. The van der Waals surface area contributed by atoms with Crippen LogP contribution in [0, 0.1) is 0 Å². The van der Waals surface area contributed by atoms with Gasteiger partial charge in [0.2, 0.25) is 0 Å². The second-order valence-electron chi connectivity index (χ2n) is 3.70. The van der Waals surface area contributed by atoms with Crippen molar-refractivity contribution in [2.45, 2.75) is 0 Å². The van der Waals surface area contributed by atoms with Crippen molar-refractivity contribution in [3.63, 3.8) is 0 Å². The summed E-state index contributed by atoms with van der Waals surface area (Å²) in [7, 11) is 0. The summed E-state index contributed by atoms with van der Waals surface area (Å²) in [5.74, 6) is 0.0907. The van der Waals surface area contributed by atoms with Gasteiger partial charge in [-0.1, -0.05) is 15.9 Å². The van der Waals surface area contributed by atoms with Gasteiger partial charge in [-0.15, -0.1) is 11.3 Å². The lowest BCUT2D eigenvalue weighted by atomic mass is 10.2. The van der Waals surface area contributed by atoms with Crippen molar-refractivity contribution in [2.24, 2.45) is 4.99 Å². The summed E-state index contributed by atoms with van der Waals surface area (Å²) in [6.45, 7) is 0.0719. The normalized spacial score (nSPS) is 11.1. The zero-order valence-electron chi connectivity index (χ0n) is 9.64. The highest BCUT2D eigenvalue weighted by atomic mass is 79.9. The molecule has 6 heteroatoms. The summed E-state index contributed by atoms with van der Waals surface area (Å²) in [4.78, 5) is 16.5. The zero-order valence-corrected chi connectivity index (χ0v) is 13.6. The first-order chi connectivity index (χ1) is 9.06. The molecule has 19 heavy (non-hydrogen) atoms. The first-order valence-electron chi connectivity index (χ1n) is 5.33. The van der Waals surface area contributed by atoms with E-state index in [0.717, 1.165) is 8.26 Å². The summed E-state index contributed by atoms with van der Waals surface area (Å²) >= 11 is 7.96. The smallest absolute Gasteiger partial charge is 0.194 e. The molecule has 1 aromatic heterocycles. The van der Waals surface area contributed by atoms with Gasteiger partial charge in [-0.2, -0.15) is 0 Å². The molecule has 0 spiro atoms. The number of phenolic OH excluding ortho intramolecular Hbond substituents is 1. The van der Waals surface area contributed by atoms with E-state index in [4.69, 9.17) is 0 Å². The highest BCUT2D eigenvalue weighted by molar-refractivity contribution is 9.11. The minimum atomic E-state index is -0.0384. The first-order valence-corrected chi connectivity index (χ1v) is 7.73. The topological polar surface area (TPSA) is 49.7 Å². The second kappa shape index (κ2) is 6.45. The summed E-state index contributed by atoms with van der Waals surface area (Å²) < 4.78 is 1.71. The monoisotopic (exact) mass is 401 g/mol. The van der Waals surface area contributed by atoms with Crippen LogP contribution in [0.1, 0.15) is 15.2 Å². The van der Waals surface area contributed by atoms with Crippen LogP contribution in [0.25, 0.3) is 0 Å². The van der Waals surface area contributed by atoms with Gasteiger partial charge in [0.1, 0.15) is 12.3 Å². The van der Waals surface area contributed by atoms with Crippen LogP contribution >= 0.6 is 43.2 Å². The number of rotatable bonds is 4. The van der Waals surface area contributed by atoms with Gasteiger partial charge in [0, 0.05) is 16.3 Å². The molecule has 0 amide bonds. The molecule has 2 rings (SSSR count). The Bertz CT molecular complexity index is 637. The molecule has 0 radical (unpaired) electrons. The van der Waals surface area contributed by atoms with Crippen LogP contribution < -0.4 is 0 Å². The van der Waals surface area contributed by atoms with Crippen LogP contribution in [-0.4, -0.2) is 23.6 Å². The van der Waals surface area contributed by atoms with Gasteiger partial charge >= 0.3 is 0 Å². The Morgan fingerprint density at radius 3 is 2.74 bits per heavy atom. The fourth-order valence-electron chi connectivity index (χ4n) is 1.39. The number of hydrogen-bond donors (Lipinski definition) is 1. The van der Waals surface area contributed by atoms with Crippen molar-refractivity contribution in [1.82, 2.24) is 0 Å². The number of benzene rings is 1. The predicted octanol–water partition coefficient (Wildman–Crippen LogP) is 4.28. The minimum Gasteiger partial charge on any atom is -0.507 e. The van der Waals surface area contributed by atoms with E-state index in [1.165, 1.54) is 17.6 Å². The van der Waals surface area contributed by atoms with Gasteiger partial charge < -0.3 is 5.11 Å². The van der Waals surface area contributed by atoms with E-state index in [1.807, 2.05) is 6.07 Å². The molecule has 3 nitrogen and oxygen atoms in total. The van der Waals surface area contributed by atoms with Crippen molar-refractivity contribution in [3.8, 4) is 5.75 Å². The van der Waals surface area contributed by atoms with Crippen molar-refractivity contribution < 1.29 is 9.90 Å². The summed E-state index contributed by atoms with van der Waals surface area (Å²) in [6, 6.07) is 8.72. The molecular weight excluding hydrogens is 394 g/mol. The number of nitrogens with zero attached hydrogens (tertiary/aromatic N) is 1. The van der Waals surface area contributed by atoms with Crippen molar-refractivity contribution in [2.75, 3.05) is 6.54 Å². The molecule has 0 atom stereocenters. The Morgan fingerprint density at radius 2 is 2.11 bits per heavy atom. The van der Waals surface area contributed by atoms with Crippen LogP contribution in [0.4, 0.5) is 0 Å². The fraction of sp³-hybridized carbons (Fsp3) is 0.0769. The molecule has 0 aliphatic heterocycles. The quantitative estimate of drug-likeness (QED) is 0.612. The van der Waals surface area contributed by atoms with Crippen LogP contribution in [0.15, 0.2) is 43.6 Å². The highest BCUT2D eigenvalue weighted by Crippen LogP contribution is 2.23. The number of aliphatic imine (C=N–C) groups is 1. The van der Waals surface area contributed by atoms with E-state index in [1.54, 1.807) is 24.3 Å². The van der Waals surface area contributed by atoms with Gasteiger partial charge in [0.15, 0.2) is 5.78 Å². The van der Waals surface area contributed by atoms with Crippen molar-refractivity contribution in [1.29, 1.82) is 0 Å². The Balaban J connectivity index is 2.02. The maximum atomic E-state index is 11.8. The molecule has 0 bridgehead atoms. The van der Waals surface area contributed by atoms with Gasteiger partial charge in [-0.05, 0) is 46.3 Å². The minimum absolute atomic E-state index is 0.0384. The lowest BCUT2D eigenvalue weighted by Crippen LogP contribution is -2.00. The van der Waals surface area contributed by atoms with Gasteiger partial charge in [-0.3, -0.25) is 9.79 Å². The largest absolute Gasteiger partial charge is 0.507 e. The molecule has 0 aliphatic carbocycles. The zero-order chi connectivity index (χ0) is 13.8. The summed E-state index contributed by atoms with van der Waals surface area (Å²) in [5, 5.41) is 9.67. The highest BCUT2D eigenvalue weighted by Gasteiger charge is 2.07. The molecule has 0 fully saturated rings. The van der Waals surface area contributed by atoms with Gasteiger partial charge in [0.05, 0.1) is 8.66 Å². The summed E-state index contributed by atoms with van der Waals surface area (Å²) in [6.07, 6.45) is 1.50. The number of hydrogen-bond acceptors (Lipinski definition) is 4. The number of phenols is 1. The fourth-order valence-corrected chi connectivity index (χ4v) is 3.06. The number of halogens is 2. The van der Waals surface area contributed by atoms with Crippen LogP contribution in [0.2, 0.25) is 0 Å². The molecule has 98 valence electrons. The first kappa shape index (κ1) is 14.4. The second-order valence-corrected chi connectivity index (χ2v) is 7.08. The third-order valence-corrected chi connectivity index (χ3v) is 4.46. The molecule has 0 aliphatic rings. The van der Waals surface area contributed by atoms with E-state index in [0.29, 0.717) is 10.4 Å². The third-order valence-electron chi connectivity index (χ3n) is 2.31. The number of Topliss-reactive ketones (excluding diaryl/α,β-unsaturated/α-hetero) is 1. The molecule has 1 N–H and O–H groups in total. The van der Waals surface area contributed by atoms with E-state index in [9.17, 15) is 9.90 Å². The third kappa shape index (κ3) is 3.99. The SMILES string of the molecule is O=C(CN=Cc1ccc(Br)cc1O)c1ccc(Br)s1. The standard InChI is InChI=1S/C13H9Br2NO2S/c14-9-2-1-8(10(17)5-9)6-16-7-11(18)12-3-4-13(15)19-12/h1-6,17H,7H2. The Morgan fingerprint density at radius 1 is 1.32 bits per heavy atom. The maximum absolute atomic E-state index is 11.8. The Hall–Kier alpha value is -0.980. The lowest BCUT2D eigenvalue weighted by Gasteiger charge is -1.98. The van der Waals surface area contributed by atoms with E-state index < -0.39 is 0 Å². The number of carbonyl (C=O) groups excluding carboxylic acids is 1. The lowest BCUT2D eigenvalue weighted by molar-refractivity contribution is 0.101. The van der Waals surface area contributed by atoms with Crippen LogP contribution in [0.5, 0.6) is 5.75 Å². The molecule has 1 heterocycles. The van der Waals surface area contributed by atoms with Crippen LogP contribution in [0.3, 0.4) is 0 Å². The average molecular weight is 403 g/mol. The molecule has 0 saturated heterocycles. The number of thiophene rings is 1. The van der Waals surface area contributed by atoms with E-state index in [-0.39, 0.29) is 18.1 Å². The van der Waals surface area contributed by atoms with E-state index >= 15 is 0 Å². The van der Waals surface area contributed by atoms with Gasteiger partial charge in [0.25, 0.3) is 0 Å². The van der Waals surface area contributed by atoms with Crippen molar-refractivity contribution >= 4 is 55.2 Å². The molecule has 0 saturated carbocycles. The molecule has 2 aromatic rings. The van der Waals surface area contributed by atoms with Crippen LogP contribution in [-0.2, 0) is 0 Å². The van der Waals surface area contributed by atoms with E-state index in [2.05, 4.69) is 36.9 Å². The Kier molecular flexibility index (Phi) is 4.90. The average Bonchev–Trinajstić information content (AvgIpc) is 2.78. The number of ketones is 1. The number of carbonyl (C=O) groups is 1. The number of aromatic hydroxyl groups is 1. The van der Waals surface area contributed by atoms with Gasteiger partial charge in [-0.25, -0.2) is 0 Å². The Labute approximate surface area is 131 Å². The predicted molar refractivity (Wildman–Crippen MR) is 84.6 cm³/mol. The van der Waals surface area contributed by atoms with Crippen molar-refractivity contribution in [3.05, 3.63) is 49.0 Å². The molecular formula is C13H9Br2NO2S. The summed E-state index contributed by atoms with van der Waals surface area (Å²) in [5.41, 5.74) is 0.586. The molecule has 1 aromatic carbocycles. The molecule has 0 unspecified atom stereocenters.